The molecule has 1 aromatic rings. The SMILES string of the molecule is CCN1C=c2ccsc2=NC1. The Morgan fingerprint density at radius 2 is 2.64 bits per heavy atom. The van der Waals surface area contributed by atoms with Gasteiger partial charge in [-0.3, -0.25) is 4.99 Å². The molecule has 2 rings (SSSR count). The number of hydrogen-bond donors (Lipinski definition) is 0. The first-order valence-corrected chi connectivity index (χ1v) is 4.62. The van der Waals surface area contributed by atoms with Crippen LogP contribution < -0.4 is 9.89 Å². The zero-order chi connectivity index (χ0) is 7.68. The Balaban J connectivity index is 2.53. The molecule has 0 atom stereocenters. The lowest BCUT2D eigenvalue weighted by atomic mass is 10.4. The Morgan fingerprint density at radius 1 is 1.73 bits per heavy atom. The quantitative estimate of drug-likeness (QED) is 0.589. The topological polar surface area (TPSA) is 15.6 Å². The van der Waals surface area contributed by atoms with E-state index >= 15 is 0 Å². The van der Waals surface area contributed by atoms with Gasteiger partial charge in [0.1, 0.15) is 11.3 Å². The van der Waals surface area contributed by atoms with Gasteiger partial charge in [-0.1, -0.05) is 0 Å². The van der Waals surface area contributed by atoms with Crippen molar-refractivity contribution in [3.63, 3.8) is 0 Å². The zero-order valence-electron chi connectivity index (χ0n) is 6.45. The van der Waals surface area contributed by atoms with Gasteiger partial charge in [-0.15, -0.1) is 11.3 Å². The van der Waals surface area contributed by atoms with Crippen molar-refractivity contribution in [1.29, 1.82) is 0 Å². The van der Waals surface area contributed by atoms with E-state index in [4.69, 9.17) is 0 Å². The molecule has 0 amide bonds. The molecule has 1 aliphatic heterocycles. The van der Waals surface area contributed by atoms with Crippen LogP contribution in [0.25, 0.3) is 6.20 Å². The van der Waals surface area contributed by atoms with Crippen molar-refractivity contribution in [3.05, 3.63) is 21.3 Å². The molecule has 0 spiro atoms. The fraction of sp³-hybridized carbons (Fsp3) is 0.375. The highest BCUT2D eigenvalue weighted by molar-refractivity contribution is 7.07. The van der Waals surface area contributed by atoms with Crippen LogP contribution in [0.3, 0.4) is 0 Å². The highest BCUT2D eigenvalue weighted by Gasteiger charge is 2.00. The molecule has 0 bridgehead atoms. The van der Waals surface area contributed by atoms with Crippen molar-refractivity contribution >= 4 is 17.5 Å². The summed E-state index contributed by atoms with van der Waals surface area (Å²) in [6, 6.07) is 2.12. The fourth-order valence-electron chi connectivity index (χ4n) is 1.12. The summed E-state index contributed by atoms with van der Waals surface area (Å²) in [7, 11) is 0. The van der Waals surface area contributed by atoms with Gasteiger partial charge < -0.3 is 4.90 Å². The number of nitrogens with zero attached hydrogens (tertiary/aromatic N) is 2. The summed E-state index contributed by atoms with van der Waals surface area (Å²) in [6.07, 6.45) is 2.18. The van der Waals surface area contributed by atoms with Gasteiger partial charge in [-0.05, 0) is 18.4 Å². The molecular formula is C8H10N2S. The van der Waals surface area contributed by atoms with Gasteiger partial charge in [-0.2, -0.15) is 0 Å². The normalized spacial score (nSPS) is 15.2. The van der Waals surface area contributed by atoms with Crippen LogP contribution in [0.4, 0.5) is 0 Å². The number of rotatable bonds is 1. The van der Waals surface area contributed by atoms with Crippen molar-refractivity contribution in [2.75, 3.05) is 13.2 Å². The lowest BCUT2D eigenvalue weighted by molar-refractivity contribution is 0.437. The van der Waals surface area contributed by atoms with E-state index in [0.29, 0.717) is 0 Å². The van der Waals surface area contributed by atoms with Crippen molar-refractivity contribution in [1.82, 2.24) is 4.90 Å². The third kappa shape index (κ3) is 1.16. The molecule has 1 aromatic heterocycles. The van der Waals surface area contributed by atoms with Gasteiger partial charge in [0, 0.05) is 18.0 Å². The molecule has 2 nitrogen and oxygen atoms in total. The monoisotopic (exact) mass is 166 g/mol. The molecule has 0 saturated heterocycles. The van der Waals surface area contributed by atoms with Gasteiger partial charge in [0.2, 0.25) is 0 Å². The van der Waals surface area contributed by atoms with Crippen LogP contribution >= 0.6 is 11.3 Å². The Morgan fingerprint density at radius 3 is 3.45 bits per heavy atom. The third-order valence-electron chi connectivity index (χ3n) is 1.80. The molecule has 0 N–H and O–H groups in total. The van der Waals surface area contributed by atoms with Gasteiger partial charge in [0.05, 0.1) is 0 Å². The van der Waals surface area contributed by atoms with Gasteiger partial charge in [-0.25, -0.2) is 0 Å². The molecule has 11 heavy (non-hydrogen) atoms. The van der Waals surface area contributed by atoms with Crippen LogP contribution in [-0.4, -0.2) is 18.1 Å². The number of hydrogen-bond acceptors (Lipinski definition) is 3. The first-order chi connectivity index (χ1) is 5.40. The second-order valence-corrected chi connectivity index (χ2v) is 3.41. The smallest absolute Gasteiger partial charge is 0.121 e. The van der Waals surface area contributed by atoms with Gasteiger partial charge in [0.15, 0.2) is 0 Å². The minimum absolute atomic E-state index is 0.823. The Hall–Kier alpha value is -0.830. The highest BCUT2D eigenvalue weighted by Crippen LogP contribution is 1.93. The lowest BCUT2D eigenvalue weighted by Gasteiger charge is -2.16. The summed E-state index contributed by atoms with van der Waals surface area (Å²) in [5.41, 5.74) is 0. The van der Waals surface area contributed by atoms with Crippen LogP contribution in [0.5, 0.6) is 0 Å². The van der Waals surface area contributed by atoms with E-state index in [0.717, 1.165) is 13.2 Å². The van der Waals surface area contributed by atoms with E-state index in [1.165, 1.54) is 9.89 Å². The maximum Gasteiger partial charge on any atom is 0.121 e. The molecule has 0 fully saturated rings. The molecule has 3 heteroatoms. The molecular weight excluding hydrogens is 156 g/mol. The van der Waals surface area contributed by atoms with Gasteiger partial charge >= 0.3 is 0 Å². The lowest BCUT2D eigenvalue weighted by Crippen LogP contribution is -2.32. The van der Waals surface area contributed by atoms with Crippen LogP contribution in [0.2, 0.25) is 0 Å². The Kier molecular flexibility index (Phi) is 1.66. The van der Waals surface area contributed by atoms with E-state index in [1.807, 2.05) is 0 Å². The molecule has 2 heterocycles. The van der Waals surface area contributed by atoms with Crippen LogP contribution in [-0.2, 0) is 0 Å². The van der Waals surface area contributed by atoms with Crippen LogP contribution in [0, 0.1) is 0 Å². The molecule has 1 aliphatic rings. The Labute approximate surface area is 69.5 Å². The first kappa shape index (κ1) is 6.85. The second kappa shape index (κ2) is 2.66. The van der Waals surface area contributed by atoms with Gasteiger partial charge in [0.25, 0.3) is 0 Å². The van der Waals surface area contributed by atoms with Crippen molar-refractivity contribution < 1.29 is 0 Å². The third-order valence-corrected chi connectivity index (χ3v) is 2.66. The summed E-state index contributed by atoms with van der Waals surface area (Å²) >= 11 is 1.71. The summed E-state index contributed by atoms with van der Waals surface area (Å²) < 4.78 is 1.18. The standard InChI is InChI=1S/C8H10N2S/c1-2-10-5-7-3-4-11-8(7)9-6-10/h3-5H,2,6H2,1H3. The molecule has 0 aliphatic carbocycles. The van der Waals surface area contributed by atoms with E-state index in [9.17, 15) is 0 Å². The summed E-state index contributed by atoms with van der Waals surface area (Å²) in [5.74, 6) is 0. The first-order valence-electron chi connectivity index (χ1n) is 3.74. The molecule has 0 radical (unpaired) electrons. The predicted octanol–water partition coefficient (Wildman–Crippen LogP) is 0.399. The summed E-state index contributed by atoms with van der Waals surface area (Å²) in [5, 5.41) is 3.35. The molecule has 58 valence electrons. The average Bonchev–Trinajstić information content (AvgIpc) is 2.50. The van der Waals surface area contributed by atoms with Crippen molar-refractivity contribution in [2.24, 2.45) is 4.99 Å². The van der Waals surface area contributed by atoms with E-state index in [2.05, 4.69) is 34.5 Å². The Bertz CT molecular complexity index is 352. The molecule has 0 aromatic carbocycles. The average molecular weight is 166 g/mol. The van der Waals surface area contributed by atoms with E-state index in [-0.39, 0.29) is 0 Å². The van der Waals surface area contributed by atoms with E-state index in [1.54, 1.807) is 11.3 Å². The number of thiophene rings is 1. The fourth-order valence-corrected chi connectivity index (χ4v) is 1.85. The minimum Gasteiger partial charge on any atom is -0.358 e. The van der Waals surface area contributed by atoms with Crippen LogP contribution in [0.1, 0.15) is 6.92 Å². The highest BCUT2D eigenvalue weighted by atomic mass is 32.1. The van der Waals surface area contributed by atoms with Crippen molar-refractivity contribution in [2.45, 2.75) is 6.92 Å². The molecule has 0 unspecified atom stereocenters. The van der Waals surface area contributed by atoms with Crippen LogP contribution in [0.15, 0.2) is 16.4 Å². The predicted molar refractivity (Wildman–Crippen MR) is 46.8 cm³/mol. The maximum absolute atomic E-state index is 4.42. The second-order valence-electron chi connectivity index (χ2n) is 2.51. The largest absolute Gasteiger partial charge is 0.358 e. The zero-order valence-corrected chi connectivity index (χ0v) is 7.27. The number of fused-ring (bicyclic) bond motifs is 1. The minimum atomic E-state index is 0.823. The maximum atomic E-state index is 4.42. The van der Waals surface area contributed by atoms with Crippen molar-refractivity contribution in [3.8, 4) is 0 Å². The summed E-state index contributed by atoms with van der Waals surface area (Å²) in [6.45, 7) is 4.01. The molecule has 0 saturated carbocycles. The van der Waals surface area contributed by atoms with E-state index < -0.39 is 0 Å². The summed E-state index contributed by atoms with van der Waals surface area (Å²) in [4.78, 5) is 6.62.